The zero-order valence-corrected chi connectivity index (χ0v) is 12.3. The molecule has 1 atom stereocenters. The third kappa shape index (κ3) is 2.69. The van der Waals surface area contributed by atoms with Crippen molar-refractivity contribution in [3.8, 4) is 0 Å². The van der Waals surface area contributed by atoms with Crippen molar-refractivity contribution >= 4 is 0 Å². The van der Waals surface area contributed by atoms with E-state index in [9.17, 15) is 8.78 Å². The Balaban J connectivity index is 2.07. The monoisotopic (exact) mass is 260 g/mol. The van der Waals surface area contributed by atoms with Crippen LogP contribution in [0.4, 0.5) is 8.78 Å². The lowest BCUT2D eigenvalue weighted by Gasteiger charge is -2.42. The highest BCUT2D eigenvalue weighted by Crippen LogP contribution is 2.39. The highest BCUT2D eigenvalue weighted by molar-refractivity contribution is 5.03. The van der Waals surface area contributed by atoms with Crippen LogP contribution in [0.3, 0.4) is 0 Å². The molecule has 2 fully saturated rings. The maximum atomic E-state index is 13.3. The van der Waals surface area contributed by atoms with Gasteiger partial charge in [-0.25, -0.2) is 8.78 Å². The summed E-state index contributed by atoms with van der Waals surface area (Å²) in [5, 5.41) is 0. The molecular weight excluding hydrogens is 234 g/mol. The average molecular weight is 260 g/mol. The van der Waals surface area contributed by atoms with Crippen LogP contribution in [0, 0.1) is 0 Å². The predicted octanol–water partition coefficient (Wildman–Crippen LogP) is 2.98. The topological polar surface area (TPSA) is 6.48 Å². The molecule has 2 saturated heterocycles. The van der Waals surface area contributed by atoms with Gasteiger partial charge in [-0.1, -0.05) is 0 Å². The summed E-state index contributed by atoms with van der Waals surface area (Å²) in [6.07, 6.45) is 1.01. The molecule has 0 amide bonds. The molecule has 4 heteroatoms. The number of likely N-dealkylation sites (tertiary alicyclic amines) is 2. The highest BCUT2D eigenvalue weighted by Gasteiger charge is 2.49. The zero-order valence-electron chi connectivity index (χ0n) is 12.3. The lowest BCUT2D eigenvalue weighted by Crippen LogP contribution is -2.50. The molecule has 0 radical (unpaired) electrons. The minimum atomic E-state index is -2.47. The lowest BCUT2D eigenvalue weighted by atomic mass is 9.95. The second-order valence-corrected chi connectivity index (χ2v) is 7.53. The largest absolute Gasteiger partial charge is 0.293 e. The number of rotatable bonds is 1. The molecule has 2 aliphatic rings. The molecule has 0 aromatic heterocycles. The van der Waals surface area contributed by atoms with E-state index in [0.29, 0.717) is 6.54 Å². The van der Waals surface area contributed by atoms with E-state index < -0.39 is 5.92 Å². The molecule has 2 heterocycles. The Bertz CT molecular complexity index is 320. The molecule has 0 saturated carbocycles. The summed E-state index contributed by atoms with van der Waals surface area (Å²) in [7, 11) is 0. The molecule has 2 aliphatic heterocycles. The molecule has 2 rings (SSSR count). The van der Waals surface area contributed by atoms with Gasteiger partial charge in [0.05, 0.1) is 6.54 Å². The normalized spacial score (nSPS) is 33.2. The Hall–Kier alpha value is -0.220. The lowest BCUT2D eigenvalue weighted by molar-refractivity contribution is 0.00753. The Kier molecular flexibility index (Phi) is 3.26. The first-order valence-electron chi connectivity index (χ1n) is 6.91. The third-order valence-corrected chi connectivity index (χ3v) is 4.38. The van der Waals surface area contributed by atoms with E-state index in [1.54, 1.807) is 0 Å². The van der Waals surface area contributed by atoms with E-state index in [4.69, 9.17) is 0 Å². The molecule has 0 N–H and O–H groups in total. The van der Waals surface area contributed by atoms with Crippen molar-refractivity contribution in [3.63, 3.8) is 0 Å². The third-order valence-electron chi connectivity index (χ3n) is 4.38. The van der Waals surface area contributed by atoms with Crippen LogP contribution >= 0.6 is 0 Å². The standard InChI is InChI=1S/C14H26F2N2/c1-12(2,3)18-9-11(8-13(18,4)5)17-7-6-14(15,16)10-17/h11H,6-10H2,1-5H3. The van der Waals surface area contributed by atoms with Crippen LogP contribution in [0.25, 0.3) is 0 Å². The van der Waals surface area contributed by atoms with E-state index >= 15 is 0 Å². The first kappa shape index (κ1) is 14.2. The zero-order chi connectivity index (χ0) is 13.8. The fraction of sp³-hybridized carbons (Fsp3) is 1.00. The second kappa shape index (κ2) is 4.14. The van der Waals surface area contributed by atoms with Crippen molar-refractivity contribution in [3.05, 3.63) is 0 Å². The van der Waals surface area contributed by atoms with Crippen LogP contribution < -0.4 is 0 Å². The summed E-state index contributed by atoms with van der Waals surface area (Å²) < 4.78 is 26.6. The number of nitrogens with zero attached hydrogens (tertiary/aromatic N) is 2. The predicted molar refractivity (Wildman–Crippen MR) is 70.1 cm³/mol. The molecule has 18 heavy (non-hydrogen) atoms. The van der Waals surface area contributed by atoms with Gasteiger partial charge in [-0.05, 0) is 41.0 Å². The first-order valence-corrected chi connectivity index (χ1v) is 6.91. The second-order valence-electron chi connectivity index (χ2n) is 7.53. The van der Waals surface area contributed by atoms with Crippen molar-refractivity contribution in [2.75, 3.05) is 19.6 Å². The van der Waals surface area contributed by atoms with Gasteiger partial charge in [0, 0.05) is 36.6 Å². The Labute approximate surface area is 109 Å². The summed E-state index contributed by atoms with van der Waals surface area (Å²) in [4.78, 5) is 4.45. The molecule has 0 aromatic carbocycles. The van der Waals surface area contributed by atoms with Gasteiger partial charge in [0.2, 0.25) is 0 Å². The quantitative estimate of drug-likeness (QED) is 0.715. The van der Waals surface area contributed by atoms with E-state index in [1.165, 1.54) is 0 Å². The van der Waals surface area contributed by atoms with E-state index in [1.807, 2.05) is 4.90 Å². The van der Waals surface area contributed by atoms with Crippen molar-refractivity contribution < 1.29 is 8.78 Å². The molecule has 0 aliphatic carbocycles. The Morgan fingerprint density at radius 2 is 1.78 bits per heavy atom. The fourth-order valence-electron chi connectivity index (χ4n) is 3.71. The highest BCUT2D eigenvalue weighted by atomic mass is 19.3. The van der Waals surface area contributed by atoms with Crippen molar-refractivity contribution in [2.24, 2.45) is 0 Å². The molecule has 2 nitrogen and oxygen atoms in total. The summed E-state index contributed by atoms with van der Waals surface area (Å²) in [5.41, 5.74) is 0.196. The summed E-state index contributed by atoms with van der Waals surface area (Å²) in [6, 6.07) is 0.285. The van der Waals surface area contributed by atoms with E-state index in [-0.39, 0.29) is 30.1 Å². The SMILES string of the molecule is CC(C)(C)N1CC(N2CCC(F)(F)C2)CC1(C)C. The van der Waals surface area contributed by atoms with Crippen LogP contribution in [-0.2, 0) is 0 Å². The first-order chi connectivity index (χ1) is 8.01. The maximum absolute atomic E-state index is 13.3. The van der Waals surface area contributed by atoms with Gasteiger partial charge in [0.1, 0.15) is 0 Å². The Morgan fingerprint density at radius 3 is 2.17 bits per heavy atom. The van der Waals surface area contributed by atoms with Gasteiger partial charge in [0.25, 0.3) is 5.92 Å². The molecular formula is C14H26F2N2. The van der Waals surface area contributed by atoms with Gasteiger partial charge in [0.15, 0.2) is 0 Å². The van der Waals surface area contributed by atoms with Crippen LogP contribution in [0.15, 0.2) is 0 Å². The number of hydrogen-bond donors (Lipinski definition) is 0. The van der Waals surface area contributed by atoms with Gasteiger partial charge in [-0.3, -0.25) is 9.80 Å². The van der Waals surface area contributed by atoms with Crippen LogP contribution in [0.2, 0.25) is 0 Å². The molecule has 0 bridgehead atoms. The number of halogens is 2. The molecule has 106 valence electrons. The summed E-state index contributed by atoms with van der Waals surface area (Å²) >= 11 is 0. The minimum absolute atomic E-state index is 0.0272. The van der Waals surface area contributed by atoms with Crippen LogP contribution in [-0.4, -0.2) is 52.5 Å². The number of hydrogen-bond acceptors (Lipinski definition) is 2. The van der Waals surface area contributed by atoms with E-state index in [2.05, 4.69) is 39.5 Å². The van der Waals surface area contributed by atoms with Crippen LogP contribution in [0.5, 0.6) is 0 Å². The summed E-state index contributed by atoms with van der Waals surface area (Å²) in [5.74, 6) is -2.47. The maximum Gasteiger partial charge on any atom is 0.261 e. The average Bonchev–Trinajstić information content (AvgIpc) is 2.64. The molecule has 1 unspecified atom stereocenters. The fourth-order valence-corrected chi connectivity index (χ4v) is 3.71. The van der Waals surface area contributed by atoms with E-state index in [0.717, 1.165) is 13.0 Å². The van der Waals surface area contributed by atoms with Crippen molar-refractivity contribution in [1.82, 2.24) is 9.80 Å². The van der Waals surface area contributed by atoms with Gasteiger partial charge >= 0.3 is 0 Å². The number of alkyl halides is 2. The van der Waals surface area contributed by atoms with Crippen molar-refractivity contribution in [2.45, 2.75) is 70.5 Å². The van der Waals surface area contributed by atoms with Gasteiger partial charge < -0.3 is 0 Å². The van der Waals surface area contributed by atoms with Crippen LogP contribution in [0.1, 0.15) is 47.5 Å². The summed E-state index contributed by atoms with van der Waals surface area (Å²) in [6.45, 7) is 12.5. The molecule has 0 aromatic rings. The smallest absolute Gasteiger partial charge is 0.261 e. The van der Waals surface area contributed by atoms with Gasteiger partial charge in [-0.15, -0.1) is 0 Å². The Morgan fingerprint density at radius 1 is 1.17 bits per heavy atom. The minimum Gasteiger partial charge on any atom is -0.293 e. The molecule has 0 spiro atoms. The van der Waals surface area contributed by atoms with Gasteiger partial charge in [-0.2, -0.15) is 0 Å². The van der Waals surface area contributed by atoms with Crippen molar-refractivity contribution in [1.29, 1.82) is 0 Å².